The number of carbonyl (C=O) groups excluding carboxylic acids is 1. The van der Waals surface area contributed by atoms with Gasteiger partial charge in [0.1, 0.15) is 0 Å². The van der Waals surface area contributed by atoms with Gasteiger partial charge in [-0.15, -0.1) is 0 Å². The largest absolute Gasteiger partial charge is 0.493 e. The van der Waals surface area contributed by atoms with E-state index in [1.54, 1.807) is 45.6 Å². The number of nitrogens with zero attached hydrogens (tertiary/aromatic N) is 2. The van der Waals surface area contributed by atoms with E-state index in [0.29, 0.717) is 40.0 Å². The third-order valence-corrected chi connectivity index (χ3v) is 5.29. The molecule has 3 rings (SSSR count). The summed E-state index contributed by atoms with van der Waals surface area (Å²) >= 11 is 7.30. The van der Waals surface area contributed by atoms with Gasteiger partial charge in [0, 0.05) is 36.4 Å². The number of amides is 1. The van der Waals surface area contributed by atoms with Crippen molar-refractivity contribution in [1.82, 2.24) is 4.57 Å². The van der Waals surface area contributed by atoms with Gasteiger partial charge in [-0.2, -0.15) is 4.99 Å². The first kappa shape index (κ1) is 19.4. The van der Waals surface area contributed by atoms with Gasteiger partial charge in [0.05, 0.1) is 31.0 Å². The molecule has 8 heteroatoms. The normalized spacial score (nSPS) is 11.8. The van der Waals surface area contributed by atoms with Gasteiger partial charge in [-0.25, -0.2) is 0 Å². The van der Waals surface area contributed by atoms with E-state index in [2.05, 4.69) is 4.99 Å². The lowest BCUT2D eigenvalue weighted by Crippen LogP contribution is -2.19. The smallest absolute Gasteiger partial charge is 0.279 e. The highest BCUT2D eigenvalue weighted by atomic mass is 35.5. The summed E-state index contributed by atoms with van der Waals surface area (Å²) in [6.45, 7) is 1.04. The summed E-state index contributed by atoms with van der Waals surface area (Å²) in [5.74, 6) is 0.911. The first-order valence-corrected chi connectivity index (χ1v) is 9.35. The number of rotatable bonds is 6. The van der Waals surface area contributed by atoms with E-state index in [9.17, 15) is 4.79 Å². The molecule has 0 radical (unpaired) electrons. The summed E-state index contributed by atoms with van der Waals surface area (Å²) in [4.78, 5) is 17.5. The molecule has 0 saturated carbocycles. The van der Waals surface area contributed by atoms with Crippen LogP contribution in [0.5, 0.6) is 11.5 Å². The third kappa shape index (κ3) is 4.16. The molecule has 0 N–H and O–H groups in total. The Morgan fingerprint density at radius 1 is 1.11 bits per heavy atom. The fourth-order valence-corrected chi connectivity index (χ4v) is 3.82. The summed E-state index contributed by atoms with van der Waals surface area (Å²) < 4.78 is 18.9. The van der Waals surface area contributed by atoms with Crippen molar-refractivity contribution >= 4 is 39.1 Å². The highest BCUT2D eigenvalue weighted by molar-refractivity contribution is 7.16. The van der Waals surface area contributed by atoms with Crippen molar-refractivity contribution in [2.45, 2.75) is 6.54 Å². The standard InChI is InChI=1S/C19H19ClN2O4S/c1-24-9-8-22-14-10-15(25-2)16(26-3)11-17(14)27-19(22)21-18(23)12-4-6-13(20)7-5-12/h4-7,10-11H,8-9H2,1-3H3. The maximum absolute atomic E-state index is 12.6. The Morgan fingerprint density at radius 3 is 2.41 bits per heavy atom. The molecule has 3 aromatic rings. The van der Waals surface area contributed by atoms with Crippen molar-refractivity contribution < 1.29 is 19.0 Å². The lowest BCUT2D eigenvalue weighted by molar-refractivity contribution is 0.0997. The molecule has 1 amide bonds. The van der Waals surface area contributed by atoms with Crippen molar-refractivity contribution in [3.8, 4) is 11.5 Å². The van der Waals surface area contributed by atoms with Crippen LogP contribution >= 0.6 is 22.9 Å². The Labute approximate surface area is 165 Å². The first-order valence-electron chi connectivity index (χ1n) is 8.16. The highest BCUT2D eigenvalue weighted by Crippen LogP contribution is 2.33. The molecule has 0 unspecified atom stereocenters. The molecule has 1 aromatic heterocycles. The van der Waals surface area contributed by atoms with Gasteiger partial charge >= 0.3 is 0 Å². The van der Waals surface area contributed by atoms with Crippen LogP contribution in [-0.4, -0.2) is 38.4 Å². The van der Waals surface area contributed by atoms with Gasteiger partial charge in [-0.05, 0) is 24.3 Å². The van der Waals surface area contributed by atoms with Crippen molar-refractivity contribution in [2.75, 3.05) is 27.9 Å². The number of thiazole rings is 1. The predicted molar refractivity (Wildman–Crippen MR) is 106 cm³/mol. The van der Waals surface area contributed by atoms with Crippen LogP contribution < -0.4 is 14.3 Å². The van der Waals surface area contributed by atoms with Gasteiger partial charge in [0.2, 0.25) is 0 Å². The van der Waals surface area contributed by atoms with Gasteiger partial charge < -0.3 is 18.8 Å². The monoisotopic (exact) mass is 406 g/mol. The molecule has 0 aliphatic carbocycles. The number of benzene rings is 2. The molecule has 2 aromatic carbocycles. The van der Waals surface area contributed by atoms with Crippen LogP contribution in [0.1, 0.15) is 10.4 Å². The van der Waals surface area contributed by atoms with Crippen LogP contribution in [0.15, 0.2) is 41.4 Å². The molecule has 1 heterocycles. The average molecular weight is 407 g/mol. The van der Waals surface area contributed by atoms with Crippen LogP contribution in [0.2, 0.25) is 5.02 Å². The minimum Gasteiger partial charge on any atom is -0.493 e. The molecule has 27 heavy (non-hydrogen) atoms. The van der Waals surface area contributed by atoms with Crippen molar-refractivity contribution in [2.24, 2.45) is 4.99 Å². The van der Waals surface area contributed by atoms with Crippen LogP contribution in [-0.2, 0) is 11.3 Å². The van der Waals surface area contributed by atoms with Crippen molar-refractivity contribution in [3.63, 3.8) is 0 Å². The quantitative estimate of drug-likeness (QED) is 0.625. The summed E-state index contributed by atoms with van der Waals surface area (Å²) in [5, 5.41) is 0.572. The fourth-order valence-electron chi connectivity index (χ4n) is 2.62. The zero-order valence-corrected chi connectivity index (χ0v) is 16.8. The van der Waals surface area contributed by atoms with E-state index in [-0.39, 0.29) is 5.91 Å². The van der Waals surface area contributed by atoms with Crippen LogP contribution in [0, 0.1) is 0 Å². The topological polar surface area (TPSA) is 62.1 Å². The van der Waals surface area contributed by atoms with E-state index < -0.39 is 0 Å². The maximum atomic E-state index is 12.6. The molecule has 0 aliphatic heterocycles. The first-order chi connectivity index (χ1) is 13.1. The van der Waals surface area contributed by atoms with E-state index in [0.717, 1.165) is 10.2 Å². The van der Waals surface area contributed by atoms with E-state index in [4.69, 9.17) is 25.8 Å². The summed E-state index contributed by atoms with van der Waals surface area (Å²) in [6, 6.07) is 10.4. The maximum Gasteiger partial charge on any atom is 0.279 e. The molecule has 0 saturated heterocycles. The third-order valence-electron chi connectivity index (χ3n) is 4.00. The number of hydrogen-bond acceptors (Lipinski definition) is 5. The summed E-state index contributed by atoms with van der Waals surface area (Å²) in [7, 11) is 4.81. The Kier molecular flexibility index (Phi) is 6.15. The summed E-state index contributed by atoms with van der Waals surface area (Å²) in [5.41, 5.74) is 1.38. The van der Waals surface area contributed by atoms with Crippen LogP contribution in [0.3, 0.4) is 0 Å². The molecular weight excluding hydrogens is 388 g/mol. The molecule has 142 valence electrons. The number of methoxy groups -OCH3 is 3. The van der Waals surface area contributed by atoms with Crippen LogP contribution in [0.4, 0.5) is 0 Å². The number of aromatic nitrogens is 1. The molecule has 6 nitrogen and oxygen atoms in total. The number of halogens is 1. The second-order valence-corrected chi connectivity index (χ2v) is 7.07. The fraction of sp³-hybridized carbons (Fsp3) is 0.263. The van der Waals surface area contributed by atoms with Gasteiger partial charge in [-0.3, -0.25) is 4.79 Å². The number of fused-ring (bicyclic) bond motifs is 1. The lowest BCUT2D eigenvalue weighted by Gasteiger charge is -2.09. The second-order valence-electron chi connectivity index (χ2n) is 5.63. The lowest BCUT2D eigenvalue weighted by atomic mass is 10.2. The molecule has 0 aliphatic rings. The minimum absolute atomic E-state index is 0.330. The molecule has 0 atom stereocenters. The van der Waals surface area contributed by atoms with E-state index >= 15 is 0 Å². The average Bonchev–Trinajstić information content (AvgIpc) is 3.01. The SMILES string of the molecule is COCCn1c(=NC(=O)c2ccc(Cl)cc2)sc2cc(OC)c(OC)cc21. The Bertz CT molecular complexity index is 1020. The van der Waals surface area contributed by atoms with Gasteiger partial charge in [-0.1, -0.05) is 22.9 Å². The predicted octanol–water partition coefficient (Wildman–Crippen LogP) is 3.76. The van der Waals surface area contributed by atoms with Crippen LogP contribution in [0.25, 0.3) is 10.2 Å². The zero-order valence-electron chi connectivity index (χ0n) is 15.2. The van der Waals surface area contributed by atoms with Crippen molar-refractivity contribution in [3.05, 3.63) is 51.8 Å². The van der Waals surface area contributed by atoms with E-state index in [1.165, 1.54) is 11.3 Å². The van der Waals surface area contributed by atoms with Gasteiger partial charge in [0.15, 0.2) is 16.3 Å². The molecular formula is C19H19ClN2O4S. The molecule has 0 fully saturated rings. The number of ether oxygens (including phenoxy) is 3. The number of carbonyl (C=O) groups is 1. The van der Waals surface area contributed by atoms with Crippen molar-refractivity contribution in [1.29, 1.82) is 0 Å². The van der Waals surface area contributed by atoms with Gasteiger partial charge in [0.25, 0.3) is 5.91 Å². The zero-order chi connectivity index (χ0) is 19.4. The highest BCUT2D eigenvalue weighted by Gasteiger charge is 2.13. The summed E-state index contributed by atoms with van der Waals surface area (Å²) in [6.07, 6.45) is 0. The second kappa shape index (κ2) is 8.56. The minimum atomic E-state index is -0.330. The molecule has 0 spiro atoms. The van der Waals surface area contributed by atoms with E-state index in [1.807, 2.05) is 16.7 Å². The Morgan fingerprint density at radius 2 is 1.78 bits per heavy atom. The molecule has 0 bridgehead atoms. The Balaban J connectivity index is 2.15. The Hall–Kier alpha value is -2.35. The number of hydrogen-bond donors (Lipinski definition) is 0.